The molecule has 3 aromatic rings. The van der Waals surface area contributed by atoms with Crippen LogP contribution >= 0.6 is 0 Å². The van der Waals surface area contributed by atoms with Gasteiger partial charge in [0.2, 0.25) is 5.78 Å². The van der Waals surface area contributed by atoms with Gasteiger partial charge in [-0.15, -0.1) is 0 Å². The Balaban J connectivity index is 1.78. The highest BCUT2D eigenvalue weighted by Gasteiger charge is 2.27. The molecule has 2 heterocycles. The molecule has 0 fully saturated rings. The van der Waals surface area contributed by atoms with Crippen LogP contribution in [0.4, 0.5) is 0 Å². The van der Waals surface area contributed by atoms with E-state index in [2.05, 4.69) is 4.98 Å². The first kappa shape index (κ1) is 16.9. The van der Waals surface area contributed by atoms with E-state index in [1.54, 1.807) is 48.5 Å². The minimum atomic E-state index is -1.05. The number of hydrogen-bond acceptors (Lipinski definition) is 6. The summed E-state index contributed by atoms with van der Waals surface area (Å²) in [7, 11) is 0. The van der Waals surface area contributed by atoms with Crippen LogP contribution in [0.15, 0.2) is 65.4 Å². The topological polar surface area (TPSA) is 99.9 Å². The summed E-state index contributed by atoms with van der Waals surface area (Å²) < 4.78 is 10.9. The molecule has 3 rings (SSSR count). The molecule has 0 amide bonds. The predicted molar refractivity (Wildman–Crippen MR) is 91.1 cm³/mol. The normalized spacial score (nSPS) is 11.2. The lowest BCUT2D eigenvalue weighted by Crippen LogP contribution is -2.14. The van der Waals surface area contributed by atoms with Crippen LogP contribution in [0.25, 0.3) is 0 Å². The van der Waals surface area contributed by atoms with Crippen LogP contribution in [-0.4, -0.2) is 10.8 Å². The van der Waals surface area contributed by atoms with Gasteiger partial charge in [-0.1, -0.05) is 12.1 Å². The summed E-state index contributed by atoms with van der Waals surface area (Å²) in [5.41, 5.74) is 1.37. The van der Waals surface area contributed by atoms with Gasteiger partial charge in [0.25, 0.3) is 0 Å². The largest absolute Gasteiger partial charge is 0.489 e. The van der Waals surface area contributed by atoms with Crippen LogP contribution in [0, 0.1) is 22.7 Å². The number of rotatable bonds is 6. The van der Waals surface area contributed by atoms with Gasteiger partial charge >= 0.3 is 0 Å². The maximum absolute atomic E-state index is 12.7. The second-order valence-electron chi connectivity index (χ2n) is 5.38. The molecule has 1 atom stereocenters. The van der Waals surface area contributed by atoms with Gasteiger partial charge < -0.3 is 9.15 Å². The lowest BCUT2D eigenvalue weighted by atomic mass is 9.97. The van der Waals surface area contributed by atoms with Crippen molar-refractivity contribution in [3.05, 3.63) is 83.6 Å². The Morgan fingerprint density at radius 3 is 2.81 bits per heavy atom. The third-order valence-corrected chi connectivity index (χ3v) is 3.70. The van der Waals surface area contributed by atoms with Crippen molar-refractivity contribution in [1.82, 2.24) is 4.98 Å². The van der Waals surface area contributed by atoms with E-state index in [-0.39, 0.29) is 12.4 Å². The fourth-order valence-corrected chi connectivity index (χ4v) is 2.42. The summed E-state index contributed by atoms with van der Waals surface area (Å²) >= 11 is 0. The maximum atomic E-state index is 12.7. The number of benzene rings is 1. The molecule has 126 valence electrons. The van der Waals surface area contributed by atoms with Crippen molar-refractivity contribution in [2.45, 2.75) is 12.5 Å². The van der Waals surface area contributed by atoms with Crippen molar-refractivity contribution < 1.29 is 13.9 Å². The van der Waals surface area contributed by atoms with Gasteiger partial charge in [0.15, 0.2) is 11.7 Å². The molecular formula is C20H13N3O3. The van der Waals surface area contributed by atoms with E-state index >= 15 is 0 Å². The Morgan fingerprint density at radius 1 is 1.19 bits per heavy atom. The van der Waals surface area contributed by atoms with Gasteiger partial charge in [-0.3, -0.25) is 9.78 Å². The highest BCUT2D eigenvalue weighted by Crippen LogP contribution is 2.23. The first-order chi connectivity index (χ1) is 12.7. The number of hydrogen-bond donors (Lipinski definition) is 0. The van der Waals surface area contributed by atoms with Gasteiger partial charge in [0, 0.05) is 11.8 Å². The second kappa shape index (κ2) is 7.78. The van der Waals surface area contributed by atoms with Crippen molar-refractivity contribution in [3.63, 3.8) is 0 Å². The first-order valence-corrected chi connectivity index (χ1v) is 7.77. The number of carbonyl (C=O) groups excluding carboxylic acids is 1. The zero-order valence-corrected chi connectivity index (χ0v) is 13.6. The Bertz CT molecular complexity index is 997. The summed E-state index contributed by atoms with van der Waals surface area (Å²) in [6, 6.07) is 17.4. The Morgan fingerprint density at radius 2 is 2.08 bits per heavy atom. The molecule has 1 aromatic carbocycles. The van der Waals surface area contributed by atoms with Crippen molar-refractivity contribution in [2.24, 2.45) is 0 Å². The van der Waals surface area contributed by atoms with E-state index in [0.717, 1.165) is 0 Å². The fourth-order valence-electron chi connectivity index (χ4n) is 2.42. The molecule has 6 nitrogen and oxygen atoms in total. The number of Topliss-reactive ketones (excluding diaryl/α,β-unsaturated/α-hetero) is 1. The quantitative estimate of drug-likeness (QED) is 0.634. The predicted octanol–water partition coefficient (Wildman–Crippen LogP) is 3.62. The number of ketones is 1. The standard InChI is InChI=1S/C20H13N3O3/c21-11-14-4-3-5-16(10-14)26-13-15-7-9-25-20(15)19(24)17(12-22)18-6-1-2-8-23-18/h1-10,17H,13H2/t17-/m1/s1. The zero-order valence-electron chi connectivity index (χ0n) is 13.6. The Kier molecular flexibility index (Phi) is 5.07. The van der Waals surface area contributed by atoms with Crippen LogP contribution in [0.5, 0.6) is 5.75 Å². The number of aromatic nitrogens is 1. The molecule has 0 radical (unpaired) electrons. The molecule has 0 unspecified atom stereocenters. The minimum absolute atomic E-state index is 0.0682. The first-order valence-electron chi connectivity index (χ1n) is 7.77. The molecule has 0 spiro atoms. The number of ether oxygens (including phenoxy) is 1. The maximum Gasteiger partial charge on any atom is 0.221 e. The minimum Gasteiger partial charge on any atom is -0.489 e. The van der Waals surface area contributed by atoms with Crippen molar-refractivity contribution >= 4 is 5.78 Å². The molecule has 0 saturated carbocycles. The molecule has 0 aliphatic rings. The van der Waals surface area contributed by atoms with Crippen molar-refractivity contribution in [3.8, 4) is 17.9 Å². The van der Waals surface area contributed by atoms with Crippen LogP contribution in [-0.2, 0) is 6.61 Å². The Hall–Kier alpha value is -3.90. The van der Waals surface area contributed by atoms with Gasteiger partial charge in [0.1, 0.15) is 12.4 Å². The lowest BCUT2D eigenvalue weighted by Gasteiger charge is -2.09. The monoisotopic (exact) mass is 343 g/mol. The number of nitriles is 2. The SMILES string of the molecule is N#Cc1cccc(OCc2ccoc2C(=O)[C@H](C#N)c2ccccn2)c1. The smallest absolute Gasteiger partial charge is 0.221 e. The second-order valence-corrected chi connectivity index (χ2v) is 5.38. The molecule has 0 N–H and O–H groups in total. The molecule has 0 saturated heterocycles. The number of nitrogens with zero attached hydrogens (tertiary/aromatic N) is 3. The van der Waals surface area contributed by atoms with Crippen LogP contribution in [0.1, 0.15) is 33.3 Å². The molecule has 0 aliphatic heterocycles. The van der Waals surface area contributed by atoms with Crippen LogP contribution in [0.2, 0.25) is 0 Å². The van der Waals surface area contributed by atoms with E-state index in [0.29, 0.717) is 22.6 Å². The summed E-state index contributed by atoms with van der Waals surface area (Å²) in [5, 5.41) is 18.3. The lowest BCUT2D eigenvalue weighted by molar-refractivity contribution is 0.0947. The van der Waals surface area contributed by atoms with E-state index in [4.69, 9.17) is 14.4 Å². The highest BCUT2D eigenvalue weighted by molar-refractivity contribution is 6.01. The van der Waals surface area contributed by atoms with Crippen molar-refractivity contribution in [1.29, 1.82) is 10.5 Å². The summed E-state index contributed by atoms with van der Waals surface area (Å²) in [5.74, 6) is -0.951. The zero-order chi connectivity index (χ0) is 18.4. The van der Waals surface area contributed by atoms with Gasteiger partial charge in [0.05, 0.1) is 29.7 Å². The van der Waals surface area contributed by atoms with Gasteiger partial charge in [-0.2, -0.15) is 10.5 Å². The van der Waals surface area contributed by atoms with E-state index in [1.165, 1.54) is 12.5 Å². The van der Waals surface area contributed by atoms with Gasteiger partial charge in [-0.25, -0.2) is 0 Å². The summed E-state index contributed by atoms with van der Waals surface area (Å²) in [6.45, 7) is 0.0762. The highest BCUT2D eigenvalue weighted by atomic mass is 16.5. The third-order valence-electron chi connectivity index (χ3n) is 3.70. The molecule has 26 heavy (non-hydrogen) atoms. The summed E-state index contributed by atoms with van der Waals surface area (Å²) in [6.07, 6.45) is 2.91. The molecule has 0 bridgehead atoms. The number of furan rings is 1. The van der Waals surface area contributed by atoms with Crippen LogP contribution in [0.3, 0.4) is 0 Å². The van der Waals surface area contributed by atoms with E-state index in [9.17, 15) is 10.1 Å². The molecular weight excluding hydrogens is 330 g/mol. The molecule has 6 heteroatoms. The molecule has 2 aromatic heterocycles. The third kappa shape index (κ3) is 3.61. The number of pyridine rings is 1. The van der Waals surface area contributed by atoms with Crippen LogP contribution < -0.4 is 4.74 Å². The number of carbonyl (C=O) groups is 1. The van der Waals surface area contributed by atoms with E-state index < -0.39 is 11.7 Å². The van der Waals surface area contributed by atoms with Crippen molar-refractivity contribution in [2.75, 3.05) is 0 Å². The fraction of sp³-hybridized carbons (Fsp3) is 0.100. The average Bonchev–Trinajstić information content (AvgIpc) is 3.16. The van der Waals surface area contributed by atoms with E-state index in [1.807, 2.05) is 12.1 Å². The molecule has 0 aliphatic carbocycles. The summed E-state index contributed by atoms with van der Waals surface area (Å²) in [4.78, 5) is 16.8. The Labute approximate surface area is 149 Å². The average molecular weight is 343 g/mol. The van der Waals surface area contributed by atoms with Gasteiger partial charge in [-0.05, 0) is 36.4 Å².